The van der Waals surface area contributed by atoms with Crippen LogP contribution in [-0.4, -0.2) is 7.11 Å². The summed E-state index contributed by atoms with van der Waals surface area (Å²) in [6, 6.07) is 14.5. The summed E-state index contributed by atoms with van der Waals surface area (Å²) in [7, 11) is 1.69. The molecule has 2 aromatic carbocycles. The van der Waals surface area contributed by atoms with E-state index in [1.165, 1.54) is 30.4 Å². The van der Waals surface area contributed by atoms with Crippen LogP contribution in [0.4, 0.5) is 0 Å². The zero-order chi connectivity index (χ0) is 14.8. The van der Waals surface area contributed by atoms with Crippen molar-refractivity contribution in [2.45, 2.75) is 31.2 Å². The second kappa shape index (κ2) is 6.20. The van der Waals surface area contributed by atoms with Crippen LogP contribution in [0.3, 0.4) is 0 Å². The molecular formula is C18H20BrNO. The maximum atomic E-state index is 6.56. The second-order valence-corrected chi connectivity index (χ2v) is 6.54. The molecule has 0 radical (unpaired) electrons. The lowest BCUT2D eigenvalue weighted by molar-refractivity contribution is 0.405. The lowest BCUT2D eigenvalue weighted by atomic mass is 9.76. The molecule has 1 aliphatic carbocycles. The van der Waals surface area contributed by atoms with E-state index in [9.17, 15) is 0 Å². The Morgan fingerprint density at radius 3 is 2.57 bits per heavy atom. The van der Waals surface area contributed by atoms with E-state index in [4.69, 9.17) is 10.5 Å². The lowest BCUT2D eigenvalue weighted by Crippen LogP contribution is -2.18. The topological polar surface area (TPSA) is 35.2 Å². The van der Waals surface area contributed by atoms with Crippen LogP contribution < -0.4 is 10.5 Å². The molecule has 3 heteroatoms. The molecule has 0 heterocycles. The fourth-order valence-electron chi connectivity index (χ4n) is 2.99. The molecule has 1 fully saturated rings. The minimum Gasteiger partial charge on any atom is -0.496 e. The Balaban J connectivity index is 2.00. The number of nitrogens with two attached hydrogens (primary N) is 1. The van der Waals surface area contributed by atoms with Crippen molar-refractivity contribution in [1.29, 1.82) is 0 Å². The van der Waals surface area contributed by atoms with Crippen molar-refractivity contribution in [2.24, 2.45) is 5.73 Å². The summed E-state index contributed by atoms with van der Waals surface area (Å²) in [5.74, 6) is 1.51. The first-order valence-electron chi connectivity index (χ1n) is 7.38. The zero-order valence-corrected chi connectivity index (χ0v) is 13.8. The third-order valence-electron chi connectivity index (χ3n) is 4.41. The van der Waals surface area contributed by atoms with Crippen LogP contribution in [0.2, 0.25) is 0 Å². The molecule has 1 aliphatic rings. The van der Waals surface area contributed by atoms with Crippen molar-refractivity contribution in [3.8, 4) is 5.75 Å². The van der Waals surface area contributed by atoms with Gasteiger partial charge in [-0.25, -0.2) is 0 Å². The van der Waals surface area contributed by atoms with E-state index in [1.54, 1.807) is 7.11 Å². The minimum atomic E-state index is -0.148. The molecule has 0 aromatic heterocycles. The van der Waals surface area contributed by atoms with Crippen molar-refractivity contribution < 1.29 is 4.74 Å². The first kappa shape index (κ1) is 14.6. The Bertz CT molecular complexity index is 637. The molecule has 0 bridgehead atoms. The number of benzene rings is 2. The smallest absolute Gasteiger partial charge is 0.125 e. The van der Waals surface area contributed by atoms with Crippen LogP contribution in [0.1, 0.15) is 47.9 Å². The second-order valence-electron chi connectivity index (χ2n) is 5.62. The predicted octanol–water partition coefficient (Wildman–Crippen LogP) is 4.77. The average molecular weight is 346 g/mol. The van der Waals surface area contributed by atoms with E-state index in [-0.39, 0.29) is 6.04 Å². The van der Waals surface area contributed by atoms with Gasteiger partial charge in [-0.05, 0) is 42.0 Å². The molecule has 1 atom stereocenters. The minimum absolute atomic E-state index is 0.148. The zero-order valence-electron chi connectivity index (χ0n) is 12.2. The van der Waals surface area contributed by atoms with Gasteiger partial charge in [0.15, 0.2) is 0 Å². The fourth-order valence-corrected chi connectivity index (χ4v) is 3.33. The summed E-state index contributed by atoms with van der Waals surface area (Å²) in [4.78, 5) is 0. The summed E-state index contributed by atoms with van der Waals surface area (Å²) >= 11 is 3.48. The Kier molecular flexibility index (Phi) is 4.32. The highest BCUT2D eigenvalue weighted by Crippen LogP contribution is 2.41. The third kappa shape index (κ3) is 2.85. The molecule has 3 rings (SSSR count). The SMILES string of the molecule is COc1cc(Br)ccc1C(N)c1ccccc1C1CCC1. The van der Waals surface area contributed by atoms with Crippen molar-refractivity contribution in [3.05, 3.63) is 63.6 Å². The molecule has 0 aliphatic heterocycles. The Labute approximate surface area is 134 Å². The molecule has 0 saturated heterocycles. The van der Waals surface area contributed by atoms with E-state index >= 15 is 0 Å². The first-order valence-corrected chi connectivity index (χ1v) is 8.18. The van der Waals surface area contributed by atoms with Gasteiger partial charge in [0.2, 0.25) is 0 Å². The Hall–Kier alpha value is -1.32. The van der Waals surface area contributed by atoms with Crippen LogP contribution in [-0.2, 0) is 0 Å². The van der Waals surface area contributed by atoms with Gasteiger partial charge >= 0.3 is 0 Å². The highest BCUT2D eigenvalue weighted by molar-refractivity contribution is 9.10. The van der Waals surface area contributed by atoms with Gasteiger partial charge in [-0.1, -0.05) is 52.7 Å². The molecule has 2 aromatic rings. The van der Waals surface area contributed by atoms with Crippen LogP contribution in [0.5, 0.6) is 5.75 Å². The normalized spacial score (nSPS) is 16.3. The van der Waals surface area contributed by atoms with Crippen molar-refractivity contribution in [3.63, 3.8) is 0 Å². The van der Waals surface area contributed by atoms with E-state index in [2.05, 4.69) is 40.2 Å². The highest BCUT2D eigenvalue weighted by atomic mass is 79.9. The summed E-state index contributed by atoms with van der Waals surface area (Å²) in [6.07, 6.45) is 3.89. The molecule has 1 saturated carbocycles. The average Bonchev–Trinajstić information content (AvgIpc) is 2.45. The summed E-state index contributed by atoms with van der Waals surface area (Å²) in [5.41, 5.74) is 10.2. The quantitative estimate of drug-likeness (QED) is 0.865. The number of methoxy groups -OCH3 is 1. The van der Waals surface area contributed by atoms with E-state index in [0.29, 0.717) is 5.92 Å². The van der Waals surface area contributed by atoms with Crippen LogP contribution in [0.15, 0.2) is 46.9 Å². The lowest BCUT2D eigenvalue weighted by Gasteiger charge is -2.30. The third-order valence-corrected chi connectivity index (χ3v) is 4.90. The van der Waals surface area contributed by atoms with Gasteiger partial charge in [-0.2, -0.15) is 0 Å². The standard InChI is InChI=1S/C18H20BrNO/c1-21-17-11-13(19)9-10-16(17)18(20)15-8-3-2-7-14(15)12-5-4-6-12/h2-3,7-12,18H,4-6,20H2,1H3. The van der Waals surface area contributed by atoms with E-state index in [1.807, 2.05) is 18.2 Å². The van der Waals surface area contributed by atoms with Crippen molar-refractivity contribution >= 4 is 15.9 Å². The van der Waals surface area contributed by atoms with E-state index in [0.717, 1.165) is 15.8 Å². The summed E-state index contributed by atoms with van der Waals surface area (Å²) < 4.78 is 6.50. The van der Waals surface area contributed by atoms with Crippen LogP contribution >= 0.6 is 15.9 Å². The van der Waals surface area contributed by atoms with Crippen molar-refractivity contribution in [2.75, 3.05) is 7.11 Å². The molecule has 1 unspecified atom stereocenters. The molecular weight excluding hydrogens is 326 g/mol. The van der Waals surface area contributed by atoms with Crippen LogP contribution in [0, 0.1) is 0 Å². The fraction of sp³-hybridized carbons (Fsp3) is 0.333. The van der Waals surface area contributed by atoms with Gasteiger partial charge in [0.05, 0.1) is 13.2 Å². The number of halogens is 1. The number of rotatable bonds is 4. The number of ether oxygens (including phenoxy) is 1. The highest BCUT2D eigenvalue weighted by Gasteiger charge is 2.25. The molecule has 2 nitrogen and oxygen atoms in total. The maximum absolute atomic E-state index is 6.56. The van der Waals surface area contributed by atoms with Gasteiger partial charge in [-0.3, -0.25) is 0 Å². The van der Waals surface area contributed by atoms with Gasteiger partial charge in [-0.15, -0.1) is 0 Å². The Morgan fingerprint density at radius 1 is 1.14 bits per heavy atom. The van der Waals surface area contributed by atoms with Crippen molar-refractivity contribution in [1.82, 2.24) is 0 Å². The largest absolute Gasteiger partial charge is 0.496 e. The molecule has 110 valence electrons. The first-order chi connectivity index (χ1) is 10.2. The summed E-state index contributed by atoms with van der Waals surface area (Å²) in [5, 5.41) is 0. The molecule has 0 spiro atoms. The number of hydrogen-bond donors (Lipinski definition) is 1. The van der Waals surface area contributed by atoms with Gasteiger partial charge in [0.1, 0.15) is 5.75 Å². The van der Waals surface area contributed by atoms with E-state index < -0.39 is 0 Å². The number of hydrogen-bond acceptors (Lipinski definition) is 2. The predicted molar refractivity (Wildman–Crippen MR) is 89.8 cm³/mol. The Morgan fingerprint density at radius 2 is 1.90 bits per heavy atom. The monoisotopic (exact) mass is 345 g/mol. The van der Waals surface area contributed by atoms with Gasteiger partial charge in [0, 0.05) is 10.0 Å². The summed E-state index contributed by atoms with van der Waals surface area (Å²) in [6.45, 7) is 0. The van der Waals surface area contributed by atoms with Gasteiger partial charge in [0.25, 0.3) is 0 Å². The molecule has 2 N–H and O–H groups in total. The molecule has 21 heavy (non-hydrogen) atoms. The maximum Gasteiger partial charge on any atom is 0.125 e. The van der Waals surface area contributed by atoms with Gasteiger partial charge < -0.3 is 10.5 Å². The molecule has 0 amide bonds. The van der Waals surface area contributed by atoms with Crippen LogP contribution in [0.25, 0.3) is 0 Å².